The Morgan fingerprint density at radius 3 is 1.90 bits per heavy atom. The van der Waals surface area contributed by atoms with Crippen molar-refractivity contribution in [3.63, 3.8) is 0 Å². The summed E-state index contributed by atoms with van der Waals surface area (Å²) in [5.41, 5.74) is -0.522. The van der Waals surface area contributed by atoms with Crippen LogP contribution in [0.1, 0.15) is 23.2 Å². The van der Waals surface area contributed by atoms with Gasteiger partial charge in [0.1, 0.15) is 17.3 Å². The van der Waals surface area contributed by atoms with E-state index in [1.165, 1.54) is 47.4 Å². The fourth-order valence-electron chi connectivity index (χ4n) is 3.86. The number of hydrogen-bond donors (Lipinski definition) is 0. The molecule has 0 spiro atoms. The first-order valence-electron chi connectivity index (χ1n) is 12.0. The number of benzene rings is 3. The maximum Gasteiger partial charge on any atom is 0.432 e. The van der Waals surface area contributed by atoms with Crippen LogP contribution in [-0.2, 0) is 25.7 Å². The zero-order valence-electron chi connectivity index (χ0n) is 21.3. The van der Waals surface area contributed by atoms with E-state index >= 15 is 0 Å². The van der Waals surface area contributed by atoms with Crippen molar-refractivity contribution in [3.05, 3.63) is 72.3 Å². The average molecular weight is 647 g/mol. The van der Waals surface area contributed by atoms with E-state index in [9.17, 15) is 52.9 Å². The molecule has 1 unspecified atom stereocenters. The van der Waals surface area contributed by atoms with Gasteiger partial charge in [-0.2, -0.15) is 35.1 Å². The standard InChI is InChI=1S/C16H16F3OS.C10H7F5O5S/c17-16(18,19)11-20-14-7-8-15(21-9-3-4-10-21)13-6-2-1-5-12(13)14;11-9(12,13)8(10(14,15)21(17,18)19)20-7(16)6-4-2-1-3-5-6/h1-2,5-8H,3-4,9-11H2;1-5,8H,(H,17,18,19)/q+1;/p-1. The summed E-state index contributed by atoms with van der Waals surface area (Å²) < 4.78 is 140. The van der Waals surface area contributed by atoms with E-state index < -0.39 is 52.0 Å². The highest BCUT2D eigenvalue weighted by atomic mass is 32.2. The molecular weight excluding hydrogens is 624 g/mol. The molecule has 0 saturated carbocycles. The van der Waals surface area contributed by atoms with Gasteiger partial charge in [0.2, 0.25) is 0 Å². The van der Waals surface area contributed by atoms with Crippen molar-refractivity contribution >= 4 is 37.8 Å². The van der Waals surface area contributed by atoms with Crippen LogP contribution in [0.15, 0.2) is 71.6 Å². The second-order valence-corrected chi connectivity index (χ2v) is 12.5. The molecule has 6 nitrogen and oxygen atoms in total. The lowest BCUT2D eigenvalue weighted by atomic mass is 10.1. The molecule has 4 rings (SSSR count). The van der Waals surface area contributed by atoms with Gasteiger partial charge in [-0.25, -0.2) is 13.2 Å². The van der Waals surface area contributed by atoms with E-state index in [0.717, 1.165) is 22.9 Å². The SMILES string of the molecule is FC(F)(F)COc1ccc([S+]2CCCC2)c2ccccc12.O=C(OC(C(F)(F)F)C(F)(F)S(=O)(=O)[O-])c1ccccc1. The smallest absolute Gasteiger partial charge is 0.432 e. The minimum atomic E-state index is -6.69. The fourth-order valence-corrected chi connectivity index (χ4v) is 6.80. The number of hydrogen-bond acceptors (Lipinski definition) is 6. The number of fused-ring (bicyclic) bond motifs is 1. The highest BCUT2D eigenvalue weighted by molar-refractivity contribution is 7.97. The van der Waals surface area contributed by atoms with Crippen LogP contribution in [0.5, 0.6) is 5.75 Å². The van der Waals surface area contributed by atoms with Gasteiger partial charge in [0.15, 0.2) is 21.6 Å². The molecule has 230 valence electrons. The predicted molar refractivity (Wildman–Crippen MR) is 136 cm³/mol. The molecule has 1 atom stereocenters. The van der Waals surface area contributed by atoms with Crippen molar-refractivity contribution in [1.82, 2.24) is 0 Å². The third-order valence-electron chi connectivity index (χ3n) is 5.75. The maximum atomic E-state index is 13.1. The number of halogens is 8. The van der Waals surface area contributed by atoms with Crippen molar-refractivity contribution in [2.45, 2.75) is 41.4 Å². The minimum absolute atomic E-state index is 0.228. The first kappa shape index (κ1) is 33.4. The van der Waals surface area contributed by atoms with E-state index in [0.29, 0.717) is 5.75 Å². The molecule has 42 heavy (non-hydrogen) atoms. The van der Waals surface area contributed by atoms with Crippen LogP contribution < -0.4 is 4.74 Å². The summed E-state index contributed by atoms with van der Waals surface area (Å²) >= 11 is 0. The Morgan fingerprint density at radius 1 is 0.833 bits per heavy atom. The highest BCUT2D eigenvalue weighted by Crippen LogP contribution is 2.38. The van der Waals surface area contributed by atoms with Gasteiger partial charge >= 0.3 is 23.6 Å². The molecule has 0 bridgehead atoms. The molecule has 0 aromatic heterocycles. The molecule has 0 N–H and O–H groups in total. The summed E-state index contributed by atoms with van der Waals surface area (Å²) in [5, 5.41) is -4.04. The Labute approximate surface area is 237 Å². The summed E-state index contributed by atoms with van der Waals surface area (Å²) in [7, 11) is -6.47. The minimum Gasteiger partial charge on any atom is -0.743 e. The summed E-state index contributed by atoms with van der Waals surface area (Å²) in [6.07, 6.45) is -12.2. The zero-order chi connectivity index (χ0) is 31.3. The normalized spacial score (nSPS) is 15.5. The van der Waals surface area contributed by atoms with E-state index in [4.69, 9.17) is 4.74 Å². The molecule has 3 aromatic carbocycles. The summed E-state index contributed by atoms with van der Waals surface area (Å²) in [4.78, 5) is 12.6. The number of esters is 1. The van der Waals surface area contributed by atoms with Crippen molar-refractivity contribution in [3.8, 4) is 5.75 Å². The van der Waals surface area contributed by atoms with Crippen LogP contribution in [-0.4, -0.2) is 60.8 Å². The lowest BCUT2D eigenvalue weighted by molar-refractivity contribution is -0.248. The van der Waals surface area contributed by atoms with Crippen LogP contribution in [0.2, 0.25) is 0 Å². The van der Waals surface area contributed by atoms with Crippen molar-refractivity contribution < 1.29 is 62.4 Å². The lowest BCUT2D eigenvalue weighted by Crippen LogP contribution is -2.52. The van der Waals surface area contributed by atoms with Crippen LogP contribution in [0.4, 0.5) is 35.1 Å². The van der Waals surface area contributed by atoms with Gasteiger partial charge in [0.25, 0.3) is 6.10 Å². The third-order valence-corrected chi connectivity index (χ3v) is 9.17. The Bertz CT molecular complexity index is 1470. The highest BCUT2D eigenvalue weighted by Gasteiger charge is 2.63. The molecule has 1 aliphatic heterocycles. The largest absolute Gasteiger partial charge is 0.743 e. The van der Waals surface area contributed by atoms with E-state index in [2.05, 4.69) is 4.74 Å². The fraction of sp³-hybridized carbons (Fsp3) is 0.346. The topological polar surface area (TPSA) is 92.7 Å². The number of carbonyl (C=O) groups is 1. The quantitative estimate of drug-likeness (QED) is 0.127. The lowest BCUT2D eigenvalue weighted by Gasteiger charge is -2.29. The number of carbonyl (C=O) groups excluding carboxylic acids is 1. The predicted octanol–water partition coefficient (Wildman–Crippen LogP) is 6.46. The number of alkyl halides is 8. The Hall–Kier alpha value is -3.11. The number of rotatable bonds is 7. The number of ether oxygens (including phenoxy) is 2. The summed E-state index contributed by atoms with van der Waals surface area (Å²) in [5.74, 6) is 0.843. The molecule has 0 aliphatic carbocycles. The van der Waals surface area contributed by atoms with Gasteiger partial charge in [0, 0.05) is 21.7 Å². The first-order chi connectivity index (χ1) is 19.4. The molecule has 16 heteroatoms. The van der Waals surface area contributed by atoms with Gasteiger partial charge in [0.05, 0.1) is 5.56 Å². The average Bonchev–Trinajstić information content (AvgIpc) is 3.44. The van der Waals surface area contributed by atoms with Gasteiger partial charge in [-0.05, 0) is 43.2 Å². The molecular formula is C26H22F8O6S2. The van der Waals surface area contributed by atoms with E-state index in [-0.39, 0.29) is 10.9 Å². The monoisotopic (exact) mass is 646 g/mol. The van der Waals surface area contributed by atoms with Crippen LogP contribution in [0.25, 0.3) is 10.8 Å². The van der Waals surface area contributed by atoms with Crippen LogP contribution in [0, 0.1) is 0 Å². The maximum absolute atomic E-state index is 13.1. The molecule has 0 radical (unpaired) electrons. The van der Waals surface area contributed by atoms with E-state index in [1.54, 1.807) is 6.07 Å². The summed E-state index contributed by atoms with van der Waals surface area (Å²) in [6, 6.07) is 16.9. The Balaban J connectivity index is 0.000000230. The van der Waals surface area contributed by atoms with Gasteiger partial charge in [-0.3, -0.25) is 0 Å². The van der Waals surface area contributed by atoms with E-state index in [1.807, 2.05) is 30.3 Å². The second kappa shape index (κ2) is 13.0. The molecule has 1 aliphatic rings. The second-order valence-electron chi connectivity index (χ2n) is 8.83. The van der Waals surface area contributed by atoms with Gasteiger partial charge in [-0.1, -0.05) is 36.4 Å². The van der Waals surface area contributed by atoms with Gasteiger partial charge < -0.3 is 14.0 Å². The van der Waals surface area contributed by atoms with Crippen molar-refractivity contribution in [2.24, 2.45) is 0 Å². The van der Waals surface area contributed by atoms with Gasteiger partial charge in [-0.15, -0.1) is 0 Å². The molecule has 1 heterocycles. The van der Waals surface area contributed by atoms with Crippen molar-refractivity contribution in [1.29, 1.82) is 0 Å². The zero-order valence-corrected chi connectivity index (χ0v) is 22.9. The molecule has 0 amide bonds. The summed E-state index contributed by atoms with van der Waals surface area (Å²) in [6.45, 7) is -1.25. The Morgan fingerprint density at radius 2 is 1.38 bits per heavy atom. The molecule has 3 aromatic rings. The molecule has 1 fully saturated rings. The van der Waals surface area contributed by atoms with Crippen LogP contribution in [0.3, 0.4) is 0 Å². The third kappa shape index (κ3) is 8.47. The van der Waals surface area contributed by atoms with Crippen molar-refractivity contribution in [2.75, 3.05) is 18.1 Å². The Kier molecular flexibility index (Phi) is 10.4. The van der Waals surface area contributed by atoms with Crippen LogP contribution >= 0.6 is 0 Å². The first-order valence-corrected chi connectivity index (χ1v) is 14.9. The molecule has 1 saturated heterocycles.